The molecule has 1 aromatic carbocycles. The van der Waals surface area contributed by atoms with Gasteiger partial charge in [-0.15, -0.1) is 11.3 Å². The first-order valence-corrected chi connectivity index (χ1v) is 10.4. The third-order valence-corrected chi connectivity index (χ3v) is 6.03. The lowest BCUT2D eigenvalue weighted by Crippen LogP contribution is -2.40. The van der Waals surface area contributed by atoms with Gasteiger partial charge in [-0.3, -0.25) is 4.79 Å². The molecule has 1 atom stereocenters. The van der Waals surface area contributed by atoms with Crippen LogP contribution in [-0.4, -0.2) is 43.6 Å². The molecule has 4 nitrogen and oxygen atoms in total. The van der Waals surface area contributed by atoms with Crippen molar-refractivity contribution < 1.29 is 9.53 Å². The van der Waals surface area contributed by atoms with Crippen molar-refractivity contribution in [2.45, 2.75) is 26.7 Å². The minimum absolute atomic E-state index is 0.0192. The Labute approximate surface area is 160 Å². The Bertz CT molecular complexity index is 714. The summed E-state index contributed by atoms with van der Waals surface area (Å²) in [6, 6.07) is 12.1. The third kappa shape index (κ3) is 4.65. The van der Waals surface area contributed by atoms with Crippen molar-refractivity contribution >= 4 is 17.2 Å². The second-order valence-electron chi connectivity index (χ2n) is 6.71. The van der Waals surface area contributed by atoms with Gasteiger partial charge in [0.25, 0.3) is 5.91 Å². The van der Waals surface area contributed by atoms with Crippen LogP contribution in [0.15, 0.2) is 36.4 Å². The molecule has 0 saturated carbocycles. The molecular formula is C21H28N2O2S. The van der Waals surface area contributed by atoms with Gasteiger partial charge < -0.3 is 15.0 Å². The zero-order chi connectivity index (χ0) is 18.4. The number of carbonyl (C=O) groups excluding carboxylic acids is 1. The molecule has 0 aliphatic carbocycles. The normalized spacial score (nSPS) is 17.8. The Balaban J connectivity index is 1.68. The predicted octanol–water partition coefficient (Wildman–Crippen LogP) is 4.28. The van der Waals surface area contributed by atoms with Crippen molar-refractivity contribution in [3.8, 4) is 16.2 Å². The molecule has 1 saturated heterocycles. The van der Waals surface area contributed by atoms with Crippen molar-refractivity contribution in [1.82, 2.24) is 10.2 Å². The van der Waals surface area contributed by atoms with Gasteiger partial charge in [-0.25, -0.2) is 0 Å². The molecule has 1 unspecified atom stereocenters. The van der Waals surface area contributed by atoms with E-state index in [-0.39, 0.29) is 5.91 Å². The summed E-state index contributed by atoms with van der Waals surface area (Å²) in [7, 11) is 0. The molecule has 140 valence electrons. The van der Waals surface area contributed by atoms with Crippen LogP contribution in [0.3, 0.4) is 0 Å². The molecule has 1 N–H and O–H groups in total. The number of rotatable bonds is 7. The third-order valence-electron chi connectivity index (χ3n) is 4.86. The van der Waals surface area contributed by atoms with Crippen molar-refractivity contribution in [2.75, 3.05) is 32.8 Å². The van der Waals surface area contributed by atoms with Crippen LogP contribution in [-0.2, 0) is 0 Å². The molecule has 26 heavy (non-hydrogen) atoms. The minimum Gasteiger partial charge on any atom is -0.492 e. The highest BCUT2D eigenvalue weighted by Gasteiger charge is 2.22. The quantitative estimate of drug-likeness (QED) is 0.789. The summed E-state index contributed by atoms with van der Waals surface area (Å²) in [6.45, 7) is 8.79. The zero-order valence-corrected chi connectivity index (χ0v) is 16.5. The van der Waals surface area contributed by atoms with Crippen LogP contribution < -0.4 is 10.1 Å². The summed E-state index contributed by atoms with van der Waals surface area (Å²) in [5.41, 5.74) is 1.11. The number of ether oxygens (including phenoxy) is 1. The van der Waals surface area contributed by atoms with Crippen LogP contribution in [0.1, 0.15) is 36.4 Å². The van der Waals surface area contributed by atoms with Gasteiger partial charge in [0.1, 0.15) is 10.6 Å². The second-order valence-corrected chi connectivity index (χ2v) is 7.77. The van der Waals surface area contributed by atoms with Crippen LogP contribution in [0, 0.1) is 5.92 Å². The Morgan fingerprint density at radius 1 is 1.31 bits per heavy atom. The fourth-order valence-electron chi connectivity index (χ4n) is 3.46. The average molecular weight is 373 g/mol. The standard InChI is InChI=1S/C21H28N2O2S/c1-3-23-12-8-9-16(15-23)14-22-21(24)20-18(25-4-2)13-19(26-20)17-10-6-5-7-11-17/h5-7,10-11,13,16H,3-4,8-9,12,14-15H2,1-2H3,(H,22,24). The van der Waals surface area contributed by atoms with Crippen molar-refractivity contribution in [1.29, 1.82) is 0 Å². The molecule has 1 fully saturated rings. The SMILES string of the molecule is CCOc1cc(-c2ccccc2)sc1C(=O)NCC1CCCN(CC)C1. The van der Waals surface area contributed by atoms with E-state index in [2.05, 4.69) is 29.3 Å². The molecule has 1 aliphatic heterocycles. The predicted molar refractivity (Wildman–Crippen MR) is 108 cm³/mol. The van der Waals surface area contributed by atoms with E-state index in [4.69, 9.17) is 4.74 Å². The molecule has 0 radical (unpaired) electrons. The first-order chi connectivity index (χ1) is 12.7. The maximum atomic E-state index is 12.8. The van der Waals surface area contributed by atoms with Gasteiger partial charge in [-0.1, -0.05) is 37.3 Å². The Hall–Kier alpha value is -1.85. The first kappa shape index (κ1) is 18.9. The number of benzene rings is 1. The van der Waals surface area contributed by atoms with Crippen molar-refractivity contribution in [3.63, 3.8) is 0 Å². The maximum Gasteiger partial charge on any atom is 0.265 e. The van der Waals surface area contributed by atoms with Gasteiger partial charge in [0.15, 0.2) is 0 Å². The number of carbonyl (C=O) groups is 1. The number of hydrogen-bond donors (Lipinski definition) is 1. The fraction of sp³-hybridized carbons (Fsp3) is 0.476. The lowest BCUT2D eigenvalue weighted by molar-refractivity contribution is 0.0934. The highest BCUT2D eigenvalue weighted by atomic mass is 32.1. The molecule has 1 aromatic heterocycles. The van der Waals surface area contributed by atoms with Crippen LogP contribution in [0.2, 0.25) is 0 Å². The summed E-state index contributed by atoms with van der Waals surface area (Å²) in [5, 5.41) is 3.14. The molecular weight excluding hydrogens is 344 g/mol. The topological polar surface area (TPSA) is 41.6 Å². The Morgan fingerprint density at radius 2 is 2.12 bits per heavy atom. The number of thiophene rings is 1. The van der Waals surface area contributed by atoms with Gasteiger partial charge in [0.2, 0.25) is 0 Å². The molecule has 5 heteroatoms. The molecule has 0 spiro atoms. The Morgan fingerprint density at radius 3 is 2.85 bits per heavy atom. The van der Waals surface area contributed by atoms with Crippen LogP contribution >= 0.6 is 11.3 Å². The lowest BCUT2D eigenvalue weighted by Gasteiger charge is -2.31. The number of hydrogen-bond acceptors (Lipinski definition) is 4. The monoisotopic (exact) mass is 372 g/mol. The summed E-state index contributed by atoms with van der Waals surface area (Å²) < 4.78 is 5.73. The average Bonchev–Trinajstić information content (AvgIpc) is 3.11. The molecule has 2 heterocycles. The summed E-state index contributed by atoms with van der Waals surface area (Å²) >= 11 is 1.50. The van der Waals surface area contributed by atoms with E-state index in [0.29, 0.717) is 23.2 Å². The largest absolute Gasteiger partial charge is 0.492 e. The van der Waals surface area contributed by atoms with Crippen molar-refractivity contribution in [2.24, 2.45) is 5.92 Å². The van der Waals surface area contributed by atoms with E-state index in [1.54, 1.807) is 0 Å². The van der Waals surface area contributed by atoms with Crippen molar-refractivity contribution in [3.05, 3.63) is 41.3 Å². The lowest BCUT2D eigenvalue weighted by atomic mass is 9.98. The highest BCUT2D eigenvalue weighted by Crippen LogP contribution is 2.36. The first-order valence-electron chi connectivity index (χ1n) is 9.53. The van der Waals surface area contributed by atoms with Gasteiger partial charge in [-0.05, 0) is 50.4 Å². The molecule has 1 amide bonds. The molecule has 0 bridgehead atoms. The van der Waals surface area contributed by atoms with E-state index in [1.165, 1.54) is 30.7 Å². The minimum atomic E-state index is -0.0192. The molecule has 3 rings (SSSR count). The van der Waals surface area contributed by atoms with E-state index >= 15 is 0 Å². The number of nitrogens with zero attached hydrogens (tertiary/aromatic N) is 1. The number of likely N-dealkylation sites (tertiary alicyclic amines) is 1. The van der Waals surface area contributed by atoms with Crippen LogP contribution in [0.4, 0.5) is 0 Å². The van der Waals surface area contributed by atoms with E-state index < -0.39 is 0 Å². The molecule has 2 aromatic rings. The number of nitrogens with one attached hydrogen (secondary N) is 1. The summed E-state index contributed by atoms with van der Waals surface area (Å²) in [4.78, 5) is 17.0. The molecule has 1 aliphatic rings. The maximum absolute atomic E-state index is 12.8. The van der Waals surface area contributed by atoms with Gasteiger partial charge in [0.05, 0.1) is 6.61 Å². The van der Waals surface area contributed by atoms with E-state index in [0.717, 1.165) is 30.1 Å². The summed E-state index contributed by atoms with van der Waals surface area (Å²) in [6.07, 6.45) is 2.41. The Kier molecular flexibility index (Phi) is 6.69. The van der Waals surface area contributed by atoms with Gasteiger partial charge in [-0.2, -0.15) is 0 Å². The number of piperidine rings is 1. The van der Waals surface area contributed by atoms with Crippen LogP contribution in [0.5, 0.6) is 5.75 Å². The van der Waals surface area contributed by atoms with Gasteiger partial charge in [0, 0.05) is 18.0 Å². The zero-order valence-electron chi connectivity index (χ0n) is 15.7. The summed E-state index contributed by atoms with van der Waals surface area (Å²) in [5.74, 6) is 1.21. The fourth-order valence-corrected chi connectivity index (χ4v) is 4.49. The van der Waals surface area contributed by atoms with Crippen LogP contribution in [0.25, 0.3) is 10.4 Å². The van der Waals surface area contributed by atoms with E-state index in [9.17, 15) is 4.79 Å². The van der Waals surface area contributed by atoms with Gasteiger partial charge >= 0.3 is 0 Å². The highest BCUT2D eigenvalue weighted by molar-refractivity contribution is 7.17. The number of amides is 1. The smallest absolute Gasteiger partial charge is 0.265 e. The second kappa shape index (κ2) is 9.19. The van der Waals surface area contributed by atoms with E-state index in [1.807, 2.05) is 31.2 Å².